The van der Waals surface area contributed by atoms with E-state index in [0.717, 1.165) is 21.7 Å². The molecule has 0 amide bonds. The van der Waals surface area contributed by atoms with Crippen LogP contribution in [-0.4, -0.2) is 42.1 Å². The van der Waals surface area contributed by atoms with Gasteiger partial charge in [-0.05, 0) is 54.5 Å². The van der Waals surface area contributed by atoms with Gasteiger partial charge in [0, 0.05) is 13.6 Å². The molecule has 32 heavy (non-hydrogen) atoms. The first-order valence-electron chi connectivity index (χ1n) is 10.1. The van der Waals surface area contributed by atoms with Crippen LogP contribution in [0.2, 0.25) is 0 Å². The summed E-state index contributed by atoms with van der Waals surface area (Å²) in [5.74, 6) is 0.540. The molecule has 0 fully saturated rings. The van der Waals surface area contributed by atoms with Gasteiger partial charge in [-0.25, -0.2) is 9.38 Å². The number of halogens is 1. The molecule has 0 saturated carbocycles. The second kappa shape index (κ2) is 9.69. The molecule has 9 heteroatoms. The Morgan fingerprint density at radius 3 is 2.88 bits per heavy atom. The second-order valence-corrected chi connectivity index (χ2v) is 7.95. The lowest BCUT2D eigenvalue weighted by Crippen LogP contribution is -2.27. The summed E-state index contributed by atoms with van der Waals surface area (Å²) >= 11 is 1.34. The van der Waals surface area contributed by atoms with Crippen LogP contribution in [0.25, 0.3) is 6.08 Å². The molecule has 0 bridgehead atoms. The van der Waals surface area contributed by atoms with E-state index >= 15 is 0 Å². The van der Waals surface area contributed by atoms with Gasteiger partial charge in [-0.1, -0.05) is 29.5 Å². The Hall–Kier alpha value is -3.59. The number of benzene rings is 2. The van der Waals surface area contributed by atoms with Gasteiger partial charge in [0.25, 0.3) is 0 Å². The highest BCUT2D eigenvalue weighted by Gasteiger charge is 2.15. The van der Waals surface area contributed by atoms with Crippen molar-refractivity contribution in [2.45, 2.75) is 13.3 Å². The molecule has 2 heterocycles. The molecule has 1 aromatic heterocycles. The molecule has 0 unspecified atom stereocenters. The predicted molar refractivity (Wildman–Crippen MR) is 125 cm³/mol. The lowest BCUT2D eigenvalue weighted by molar-refractivity contribution is 0.328. The lowest BCUT2D eigenvalue weighted by Gasteiger charge is -2.11. The van der Waals surface area contributed by atoms with E-state index in [1.54, 1.807) is 13.1 Å². The van der Waals surface area contributed by atoms with E-state index in [4.69, 9.17) is 4.74 Å². The molecule has 164 valence electrons. The van der Waals surface area contributed by atoms with Crippen LogP contribution in [0, 0.1) is 5.82 Å². The summed E-state index contributed by atoms with van der Waals surface area (Å²) in [6, 6.07) is 12.2. The first-order valence-corrected chi connectivity index (χ1v) is 10.9. The fourth-order valence-electron chi connectivity index (χ4n) is 3.19. The van der Waals surface area contributed by atoms with Gasteiger partial charge >= 0.3 is 0 Å². The number of nitrogens with zero attached hydrogens (tertiary/aromatic N) is 4. The van der Waals surface area contributed by atoms with Gasteiger partial charge < -0.3 is 15.2 Å². The molecule has 0 saturated heterocycles. The van der Waals surface area contributed by atoms with Crippen LogP contribution in [0.5, 0.6) is 5.88 Å². The number of guanidine groups is 1. The minimum atomic E-state index is -0.250. The molecule has 1 aliphatic heterocycles. The third-order valence-electron chi connectivity index (χ3n) is 4.67. The van der Waals surface area contributed by atoms with Crippen LogP contribution in [-0.2, 0) is 11.2 Å². The summed E-state index contributed by atoms with van der Waals surface area (Å²) in [6.45, 7) is 2.94. The van der Waals surface area contributed by atoms with E-state index in [2.05, 4.69) is 25.3 Å². The summed E-state index contributed by atoms with van der Waals surface area (Å²) in [5.41, 5.74) is 1.66. The Balaban J connectivity index is 1.54. The van der Waals surface area contributed by atoms with Crippen LogP contribution < -0.4 is 15.9 Å². The van der Waals surface area contributed by atoms with E-state index in [0.29, 0.717) is 41.4 Å². The van der Waals surface area contributed by atoms with Gasteiger partial charge in [-0.2, -0.15) is 9.98 Å². The predicted octanol–water partition coefficient (Wildman–Crippen LogP) is 2.87. The van der Waals surface area contributed by atoms with E-state index < -0.39 is 0 Å². The molecule has 1 aliphatic rings. The summed E-state index contributed by atoms with van der Waals surface area (Å²) in [6.07, 6.45) is 2.49. The number of aromatic nitrogens is 1. The molecule has 0 radical (unpaired) electrons. The number of nitrogens with one attached hydrogen (secondary N) is 1. The summed E-state index contributed by atoms with van der Waals surface area (Å²) in [7, 11) is 1.63. The van der Waals surface area contributed by atoms with Crippen molar-refractivity contribution in [2.24, 2.45) is 15.0 Å². The molecular formula is C23H22FN5O2S. The number of aromatic hydroxyl groups is 1. The first kappa shape index (κ1) is 21.6. The molecule has 3 aromatic rings. The third-order valence-corrected chi connectivity index (χ3v) is 5.61. The fraction of sp³-hybridized carbons (Fsp3) is 0.217. The normalized spacial score (nSPS) is 14.7. The van der Waals surface area contributed by atoms with Crippen LogP contribution in [0.15, 0.2) is 57.4 Å². The maximum atomic E-state index is 13.3. The Labute approximate surface area is 188 Å². The number of fused-ring (bicyclic) bond motifs is 1. The average molecular weight is 452 g/mol. The van der Waals surface area contributed by atoms with Gasteiger partial charge in [0.15, 0.2) is 5.13 Å². The van der Waals surface area contributed by atoms with Crippen molar-refractivity contribution in [3.8, 4) is 5.88 Å². The average Bonchev–Trinajstić information content (AvgIpc) is 3.13. The van der Waals surface area contributed by atoms with Gasteiger partial charge in [-0.15, -0.1) is 0 Å². The third kappa shape index (κ3) is 5.00. The minimum absolute atomic E-state index is 0.0511. The van der Waals surface area contributed by atoms with Crippen LogP contribution >= 0.6 is 11.3 Å². The molecule has 2 aromatic carbocycles. The maximum absolute atomic E-state index is 13.3. The fourth-order valence-corrected chi connectivity index (χ4v) is 4.04. The largest absolute Gasteiger partial charge is 0.492 e. The molecule has 2 N–H and O–H groups in total. The van der Waals surface area contributed by atoms with Crippen molar-refractivity contribution < 1.29 is 14.2 Å². The van der Waals surface area contributed by atoms with Crippen molar-refractivity contribution in [2.75, 3.05) is 25.5 Å². The van der Waals surface area contributed by atoms with E-state index in [9.17, 15) is 9.50 Å². The number of hydrogen-bond acceptors (Lipinski definition) is 6. The number of hydrogen-bond donors (Lipinski definition) is 2. The number of thiazole rings is 1. The van der Waals surface area contributed by atoms with E-state index in [1.807, 2.05) is 37.3 Å². The van der Waals surface area contributed by atoms with Crippen molar-refractivity contribution in [3.63, 3.8) is 0 Å². The van der Waals surface area contributed by atoms with Crippen LogP contribution in [0.3, 0.4) is 0 Å². The summed E-state index contributed by atoms with van der Waals surface area (Å²) in [4.78, 5) is 17.6. The SMILES string of the molecule is CCOC1=NC(=NC)N=c2cc/c(=C\c3sc(NCCc4cccc(F)c4)nc3O)cc21. The summed E-state index contributed by atoms with van der Waals surface area (Å²) in [5, 5.41) is 15.6. The summed E-state index contributed by atoms with van der Waals surface area (Å²) < 4.78 is 19.0. The standard InChI is InChI=1S/C23H22FN5O2S/c1-3-31-21-17-12-15(7-8-18(17)27-22(25-2)29-21)13-19-20(30)28-23(32-19)26-10-9-14-5-4-6-16(24)11-14/h4-8,11-13,30H,3,9-10H2,1-2H3,(H,26,28)/b15-13+,25-22?. The van der Waals surface area contributed by atoms with Crippen LogP contribution in [0.1, 0.15) is 22.9 Å². The second-order valence-electron chi connectivity index (χ2n) is 6.92. The Kier molecular flexibility index (Phi) is 6.55. The minimum Gasteiger partial charge on any atom is -0.492 e. The highest BCUT2D eigenvalue weighted by molar-refractivity contribution is 7.16. The zero-order valence-corrected chi connectivity index (χ0v) is 18.5. The molecule has 7 nitrogen and oxygen atoms in total. The number of ether oxygens (including phenoxy) is 1. The number of rotatable bonds is 6. The van der Waals surface area contributed by atoms with E-state index in [1.165, 1.54) is 23.5 Å². The molecule has 0 atom stereocenters. The highest BCUT2D eigenvalue weighted by Crippen LogP contribution is 2.28. The quantitative estimate of drug-likeness (QED) is 0.603. The molecule has 0 spiro atoms. The molecular weight excluding hydrogens is 429 g/mol. The topological polar surface area (TPSA) is 91.5 Å². The van der Waals surface area contributed by atoms with Gasteiger partial charge in [-0.3, -0.25) is 4.99 Å². The Morgan fingerprint density at radius 2 is 2.09 bits per heavy atom. The Bertz CT molecular complexity index is 1320. The van der Waals surface area contributed by atoms with Crippen molar-refractivity contribution in [1.29, 1.82) is 0 Å². The van der Waals surface area contributed by atoms with Crippen molar-refractivity contribution >= 4 is 34.4 Å². The lowest BCUT2D eigenvalue weighted by atomic mass is 10.1. The zero-order valence-electron chi connectivity index (χ0n) is 17.7. The highest BCUT2D eigenvalue weighted by atomic mass is 32.1. The molecule has 0 aliphatic carbocycles. The smallest absolute Gasteiger partial charge is 0.248 e. The maximum Gasteiger partial charge on any atom is 0.248 e. The van der Waals surface area contributed by atoms with Gasteiger partial charge in [0.2, 0.25) is 17.7 Å². The van der Waals surface area contributed by atoms with Crippen molar-refractivity contribution in [3.05, 3.63) is 74.9 Å². The van der Waals surface area contributed by atoms with E-state index in [-0.39, 0.29) is 11.7 Å². The first-order chi connectivity index (χ1) is 15.6. The number of anilines is 1. The number of aliphatic imine (C=N–C) groups is 2. The van der Waals surface area contributed by atoms with Crippen molar-refractivity contribution in [1.82, 2.24) is 4.98 Å². The van der Waals surface area contributed by atoms with Gasteiger partial charge in [0.05, 0.1) is 22.4 Å². The molecule has 4 rings (SSSR count). The van der Waals surface area contributed by atoms with Gasteiger partial charge in [0.1, 0.15) is 5.82 Å². The van der Waals surface area contributed by atoms with Crippen LogP contribution in [0.4, 0.5) is 9.52 Å². The zero-order chi connectivity index (χ0) is 22.5. The Morgan fingerprint density at radius 1 is 1.22 bits per heavy atom. The monoisotopic (exact) mass is 451 g/mol.